The lowest BCUT2D eigenvalue weighted by Gasteiger charge is -2.44. The summed E-state index contributed by atoms with van der Waals surface area (Å²) in [7, 11) is 0. The van der Waals surface area contributed by atoms with Crippen molar-refractivity contribution < 1.29 is 9.90 Å². The van der Waals surface area contributed by atoms with E-state index in [1.807, 2.05) is 36.4 Å². The lowest BCUT2D eigenvalue weighted by atomic mass is 9.97. The van der Waals surface area contributed by atoms with E-state index >= 15 is 0 Å². The summed E-state index contributed by atoms with van der Waals surface area (Å²) in [5, 5.41) is 12.3. The minimum Gasteiger partial charge on any atom is -0.381 e. The standard InChI is InChI=1S/C21H23Cl3N2O2/c1-14(27)21(2,28)13-25-9-10-26(19-8-7-17(23)11-18(19)24)20(12-25)15-3-5-16(22)6-4-15/h3-8,11,20,28H,9-10,12-13H2,1-2H3/t20-,21?/m0/s1. The number of benzene rings is 2. The van der Waals surface area contributed by atoms with Gasteiger partial charge in [0.05, 0.1) is 16.8 Å². The second-order valence-electron chi connectivity index (χ2n) is 7.42. The number of hydrogen-bond donors (Lipinski definition) is 1. The number of carbonyl (C=O) groups is 1. The van der Waals surface area contributed by atoms with Crippen LogP contribution < -0.4 is 4.90 Å². The number of halogens is 3. The molecule has 150 valence electrons. The van der Waals surface area contributed by atoms with E-state index in [0.717, 1.165) is 11.3 Å². The van der Waals surface area contributed by atoms with Crippen LogP contribution in [0.15, 0.2) is 42.5 Å². The van der Waals surface area contributed by atoms with E-state index in [9.17, 15) is 9.90 Å². The Morgan fingerprint density at radius 2 is 1.75 bits per heavy atom. The van der Waals surface area contributed by atoms with Crippen LogP contribution in [0.2, 0.25) is 15.1 Å². The molecule has 7 heteroatoms. The predicted molar refractivity (Wildman–Crippen MR) is 116 cm³/mol. The highest BCUT2D eigenvalue weighted by molar-refractivity contribution is 6.36. The first kappa shape index (κ1) is 21.4. The van der Waals surface area contributed by atoms with Gasteiger partial charge in [-0.3, -0.25) is 9.69 Å². The smallest absolute Gasteiger partial charge is 0.162 e. The van der Waals surface area contributed by atoms with E-state index < -0.39 is 5.60 Å². The maximum atomic E-state index is 11.8. The molecule has 0 radical (unpaired) electrons. The van der Waals surface area contributed by atoms with Crippen LogP contribution in [-0.4, -0.2) is 47.6 Å². The van der Waals surface area contributed by atoms with Gasteiger partial charge in [0.15, 0.2) is 5.78 Å². The van der Waals surface area contributed by atoms with Crippen LogP contribution in [-0.2, 0) is 4.79 Å². The topological polar surface area (TPSA) is 43.8 Å². The van der Waals surface area contributed by atoms with Crippen LogP contribution in [0.25, 0.3) is 0 Å². The zero-order valence-electron chi connectivity index (χ0n) is 15.8. The number of piperazine rings is 1. The first-order chi connectivity index (χ1) is 13.2. The van der Waals surface area contributed by atoms with Crippen molar-refractivity contribution in [1.29, 1.82) is 0 Å². The van der Waals surface area contributed by atoms with Gasteiger partial charge in [-0.2, -0.15) is 0 Å². The molecule has 1 saturated heterocycles. The van der Waals surface area contributed by atoms with Gasteiger partial charge in [-0.25, -0.2) is 0 Å². The lowest BCUT2D eigenvalue weighted by Crippen LogP contribution is -2.54. The number of β-amino-alcohol motifs (C(OH)–C–C–N with tert-alkyl or cyclic N) is 1. The molecule has 4 nitrogen and oxygen atoms in total. The van der Waals surface area contributed by atoms with Crippen LogP contribution in [0, 0.1) is 0 Å². The molecule has 0 aliphatic carbocycles. The Kier molecular flexibility index (Phi) is 6.58. The third kappa shape index (κ3) is 4.81. The molecule has 1 aliphatic rings. The Labute approximate surface area is 180 Å². The monoisotopic (exact) mass is 440 g/mol. The summed E-state index contributed by atoms with van der Waals surface area (Å²) >= 11 is 18.6. The third-order valence-corrected chi connectivity index (χ3v) is 6.02. The first-order valence-corrected chi connectivity index (χ1v) is 10.2. The SMILES string of the molecule is CC(=O)C(C)(O)CN1CCN(c2ccc(Cl)cc2Cl)[C@H](c2ccc(Cl)cc2)C1. The van der Waals surface area contributed by atoms with Gasteiger partial charge in [-0.1, -0.05) is 46.9 Å². The van der Waals surface area contributed by atoms with Crippen LogP contribution >= 0.6 is 34.8 Å². The molecule has 0 spiro atoms. The van der Waals surface area contributed by atoms with E-state index in [1.165, 1.54) is 6.92 Å². The van der Waals surface area contributed by atoms with Gasteiger partial charge in [0, 0.05) is 36.2 Å². The second-order valence-corrected chi connectivity index (χ2v) is 8.70. The predicted octanol–water partition coefficient (Wildman–Crippen LogP) is 4.85. The number of rotatable bonds is 5. The average Bonchev–Trinajstić information content (AvgIpc) is 2.62. The van der Waals surface area contributed by atoms with Crippen molar-refractivity contribution in [2.75, 3.05) is 31.1 Å². The number of anilines is 1. The molecule has 0 aromatic heterocycles. The molecule has 0 amide bonds. The molecule has 1 heterocycles. The molecule has 0 saturated carbocycles. The summed E-state index contributed by atoms with van der Waals surface area (Å²) < 4.78 is 0. The molecule has 1 unspecified atom stereocenters. The van der Waals surface area contributed by atoms with Crippen LogP contribution in [0.3, 0.4) is 0 Å². The molecule has 1 N–H and O–H groups in total. The van der Waals surface area contributed by atoms with Crippen LogP contribution in [0.4, 0.5) is 5.69 Å². The van der Waals surface area contributed by atoms with Crippen molar-refractivity contribution in [2.24, 2.45) is 0 Å². The highest BCUT2D eigenvalue weighted by Crippen LogP contribution is 2.37. The molecule has 2 atom stereocenters. The molecular weight excluding hydrogens is 419 g/mol. The fraction of sp³-hybridized carbons (Fsp3) is 0.381. The van der Waals surface area contributed by atoms with Crippen molar-refractivity contribution in [3.8, 4) is 0 Å². The summed E-state index contributed by atoms with van der Waals surface area (Å²) in [6.45, 7) is 5.31. The third-order valence-electron chi connectivity index (χ3n) is 5.23. The minimum atomic E-state index is -1.37. The number of carbonyl (C=O) groups excluding carboxylic acids is 1. The minimum absolute atomic E-state index is 0.00699. The van der Waals surface area contributed by atoms with E-state index in [-0.39, 0.29) is 18.4 Å². The highest BCUT2D eigenvalue weighted by Gasteiger charge is 2.35. The number of nitrogens with zero attached hydrogens (tertiary/aromatic N) is 2. The Hall–Kier alpha value is -1.30. The molecule has 2 aromatic carbocycles. The maximum absolute atomic E-state index is 11.8. The Balaban J connectivity index is 1.92. The largest absolute Gasteiger partial charge is 0.381 e. The van der Waals surface area contributed by atoms with Gasteiger partial charge in [0.1, 0.15) is 5.60 Å². The second kappa shape index (κ2) is 8.60. The van der Waals surface area contributed by atoms with Gasteiger partial charge in [0.2, 0.25) is 0 Å². The summed E-state index contributed by atoms with van der Waals surface area (Å²) in [6.07, 6.45) is 0. The summed E-state index contributed by atoms with van der Waals surface area (Å²) in [6, 6.07) is 13.2. The fourth-order valence-corrected chi connectivity index (χ4v) is 4.15. The van der Waals surface area contributed by atoms with Gasteiger partial charge in [0.25, 0.3) is 0 Å². The van der Waals surface area contributed by atoms with Crippen molar-refractivity contribution in [3.05, 3.63) is 63.1 Å². The van der Waals surface area contributed by atoms with E-state index in [2.05, 4.69) is 9.80 Å². The number of aliphatic hydroxyl groups is 1. The Morgan fingerprint density at radius 1 is 1.11 bits per heavy atom. The normalized spacial score (nSPS) is 20.1. The first-order valence-electron chi connectivity index (χ1n) is 9.10. The molecule has 0 bridgehead atoms. The maximum Gasteiger partial charge on any atom is 0.162 e. The quantitative estimate of drug-likeness (QED) is 0.720. The number of hydrogen-bond acceptors (Lipinski definition) is 4. The lowest BCUT2D eigenvalue weighted by molar-refractivity contribution is -0.135. The highest BCUT2D eigenvalue weighted by atomic mass is 35.5. The van der Waals surface area contributed by atoms with Crippen molar-refractivity contribution in [2.45, 2.75) is 25.5 Å². The van der Waals surface area contributed by atoms with Crippen molar-refractivity contribution >= 4 is 46.3 Å². The van der Waals surface area contributed by atoms with Gasteiger partial charge in [-0.05, 0) is 49.7 Å². The summed E-state index contributed by atoms with van der Waals surface area (Å²) in [5.74, 6) is -0.237. The summed E-state index contributed by atoms with van der Waals surface area (Å²) in [5.41, 5.74) is 0.622. The number of ketones is 1. The van der Waals surface area contributed by atoms with Crippen LogP contribution in [0.1, 0.15) is 25.5 Å². The molecule has 1 aliphatic heterocycles. The molecule has 1 fully saturated rings. The van der Waals surface area contributed by atoms with Crippen molar-refractivity contribution in [1.82, 2.24) is 4.90 Å². The molecular formula is C21H23Cl3N2O2. The zero-order valence-corrected chi connectivity index (χ0v) is 18.1. The van der Waals surface area contributed by atoms with Gasteiger partial charge in [-0.15, -0.1) is 0 Å². The van der Waals surface area contributed by atoms with Gasteiger partial charge < -0.3 is 10.0 Å². The van der Waals surface area contributed by atoms with Crippen LogP contribution in [0.5, 0.6) is 0 Å². The average molecular weight is 442 g/mol. The van der Waals surface area contributed by atoms with E-state index in [4.69, 9.17) is 34.8 Å². The van der Waals surface area contributed by atoms with E-state index in [0.29, 0.717) is 34.7 Å². The Morgan fingerprint density at radius 3 is 2.36 bits per heavy atom. The zero-order chi connectivity index (χ0) is 20.5. The molecule has 28 heavy (non-hydrogen) atoms. The molecule has 3 rings (SSSR count). The molecule has 2 aromatic rings. The fourth-order valence-electron chi connectivity index (χ4n) is 3.50. The van der Waals surface area contributed by atoms with Gasteiger partial charge >= 0.3 is 0 Å². The van der Waals surface area contributed by atoms with Crippen molar-refractivity contribution in [3.63, 3.8) is 0 Å². The Bertz CT molecular complexity index is 855. The summed E-state index contributed by atoms with van der Waals surface area (Å²) in [4.78, 5) is 16.1. The number of Topliss-reactive ketones (excluding diaryl/α,β-unsaturated/α-hetero) is 1. The van der Waals surface area contributed by atoms with E-state index in [1.54, 1.807) is 13.0 Å².